The van der Waals surface area contributed by atoms with Gasteiger partial charge >= 0.3 is 0 Å². The number of rotatable bonds is 6. The lowest BCUT2D eigenvalue weighted by Crippen LogP contribution is -2.15. The zero-order chi connectivity index (χ0) is 15.9. The summed E-state index contributed by atoms with van der Waals surface area (Å²) < 4.78 is 5.16. The maximum atomic E-state index is 12.3. The molecule has 1 N–H and O–H groups in total. The van der Waals surface area contributed by atoms with Gasteiger partial charge < -0.3 is 4.52 Å². The molecular weight excluding hydrogens is 280 g/mol. The van der Waals surface area contributed by atoms with E-state index in [4.69, 9.17) is 9.78 Å². The lowest BCUT2D eigenvalue weighted by molar-refractivity contribution is 0.105. The molecule has 22 heavy (non-hydrogen) atoms. The van der Waals surface area contributed by atoms with Gasteiger partial charge in [-0.2, -0.15) is 10.4 Å². The molecule has 0 radical (unpaired) electrons. The molecule has 0 aliphatic rings. The van der Waals surface area contributed by atoms with Crippen LogP contribution in [0.15, 0.2) is 40.0 Å². The number of Topliss-reactive ketones (excluding diaryl/α,β-unsaturated/α-hetero) is 1. The molecule has 0 saturated carbocycles. The molecular formula is C16H16N4O2. The van der Waals surface area contributed by atoms with Crippen LogP contribution in [-0.4, -0.2) is 16.7 Å². The summed E-state index contributed by atoms with van der Waals surface area (Å²) in [6.07, 6.45) is 1.59. The van der Waals surface area contributed by atoms with Crippen molar-refractivity contribution in [2.45, 2.75) is 26.7 Å². The summed E-state index contributed by atoms with van der Waals surface area (Å²) in [7, 11) is 0. The number of aryl methyl sites for hydroxylation is 1. The molecule has 0 bridgehead atoms. The number of hydrogen-bond donors (Lipinski definition) is 1. The van der Waals surface area contributed by atoms with Crippen LogP contribution < -0.4 is 5.43 Å². The lowest BCUT2D eigenvalue weighted by atomic mass is 10.1. The molecule has 0 fully saturated rings. The molecule has 0 spiro atoms. The van der Waals surface area contributed by atoms with E-state index in [1.807, 2.05) is 25.1 Å². The number of nitrogens with zero attached hydrogens (tertiary/aromatic N) is 3. The highest BCUT2D eigenvalue weighted by atomic mass is 16.5. The largest absolute Gasteiger partial charge is 0.360 e. The van der Waals surface area contributed by atoms with Crippen molar-refractivity contribution in [2.75, 3.05) is 5.43 Å². The molecule has 0 saturated heterocycles. The second kappa shape index (κ2) is 7.18. The van der Waals surface area contributed by atoms with Crippen LogP contribution in [0.25, 0.3) is 0 Å². The van der Waals surface area contributed by atoms with E-state index in [1.165, 1.54) is 0 Å². The molecule has 6 nitrogen and oxygen atoms in total. The Morgan fingerprint density at radius 1 is 1.41 bits per heavy atom. The summed E-state index contributed by atoms with van der Waals surface area (Å²) in [5, 5.41) is 16.8. The molecule has 112 valence electrons. The van der Waals surface area contributed by atoms with Crippen molar-refractivity contribution < 1.29 is 9.32 Å². The zero-order valence-electron chi connectivity index (χ0n) is 12.5. The Labute approximate surface area is 128 Å². The Balaban J connectivity index is 2.21. The average molecular weight is 296 g/mol. The molecule has 1 aromatic carbocycles. The second-order valence-electron chi connectivity index (χ2n) is 4.71. The third kappa shape index (κ3) is 3.38. The van der Waals surface area contributed by atoms with Crippen LogP contribution in [0, 0.1) is 18.3 Å². The van der Waals surface area contributed by atoms with Crippen molar-refractivity contribution in [3.8, 4) is 6.07 Å². The third-order valence-corrected chi connectivity index (χ3v) is 3.10. The molecule has 6 heteroatoms. The number of aromatic nitrogens is 1. The van der Waals surface area contributed by atoms with Gasteiger partial charge in [-0.25, -0.2) is 0 Å². The van der Waals surface area contributed by atoms with Crippen molar-refractivity contribution in [1.29, 1.82) is 5.26 Å². The van der Waals surface area contributed by atoms with Crippen LogP contribution in [0.4, 0.5) is 5.69 Å². The van der Waals surface area contributed by atoms with Crippen molar-refractivity contribution in [2.24, 2.45) is 5.10 Å². The summed E-state index contributed by atoms with van der Waals surface area (Å²) in [5.41, 5.74) is 3.91. The van der Waals surface area contributed by atoms with Gasteiger partial charge in [-0.3, -0.25) is 10.2 Å². The van der Waals surface area contributed by atoms with Crippen LogP contribution in [-0.2, 0) is 6.42 Å². The zero-order valence-corrected chi connectivity index (χ0v) is 12.5. The highest BCUT2D eigenvalue weighted by molar-refractivity contribution is 6.51. The number of para-hydroxylation sites is 1. The summed E-state index contributed by atoms with van der Waals surface area (Å²) in [4.78, 5) is 12.3. The smallest absolute Gasteiger partial charge is 0.246 e. The topological polar surface area (TPSA) is 91.3 Å². The number of anilines is 1. The van der Waals surface area contributed by atoms with Crippen molar-refractivity contribution in [3.05, 3.63) is 47.3 Å². The molecule has 0 amide bonds. The highest BCUT2D eigenvalue weighted by Crippen LogP contribution is 2.16. The predicted molar refractivity (Wildman–Crippen MR) is 82.7 cm³/mol. The maximum Gasteiger partial charge on any atom is 0.246 e. The van der Waals surface area contributed by atoms with E-state index in [0.717, 1.165) is 6.42 Å². The number of nitrogens with one attached hydrogen (secondary N) is 1. The second-order valence-corrected chi connectivity index (χ2v) is 4.71. The van der Waals surface area contributed by atoms with Crippen LogP contribution in [0.5, 0.6) is 0 Å². The maximum absolute atomic E-state index is 12.3. The molecule has 1 heterocycles. The quantitative estimate of drug-likeness (QED) is 0.502. The first-order chi connectivity index (χ1) is 10.7. The Kier molecular flexibility index (Phi) is 5.04. The number of ketones is 1. The number of nitriles is 1. The van der Waals surface area contributed by atoms with E-state index in [9.17, 15) is 4.79 Å². The van der Waals surface area contributed by atoms with Crippen molar-refractivity contribution in [1.82, 2.24) is 5.16 Å². The summed E-state index contributed by atoms with van der Waals surface area (Å²) >= 11 is 0. The first-order valence-electron chi connectivity index (χ1n) is 6.96. The van der Waals surface area contributed by atoms with Gasteiger partial charge in [0, 0.05) is 12.0 Å². The molecule has 0 unspecified atom stereocenters. The minimum atomic E-state index is -0.547. The first-order valence-corrected chi connectivity index (χ1v) is 6.96. The third-order valence-electron chi connectivity index (χ3n) is 3.10. The van der Waals surface area contributed by atoms with Crippen LogP contribution >= 0.6 is 0 Å². The fourth-order valence-electron chi connectivity index (χ4n) is 1.91. The molecule has 2 aromatic rings. The number of benzene rings is 1. The van der Waals surface area contributed by atoms with Crippen LogP contribution in [0.1, 0.15) is 35.2 Å². The summed E-state index contributed by atoms with van der Waals surface area (Å²) in [6.45, 7) is 3.77. The van der Waals surface area contributed by atoms with Gasteiger partial charge in [-0.15, -0.1) is 0 Å². The van der Waals surface area contributed by atoms with Crippen molar-refractivity contribution in [3.63, 3.8) is 0 Å². The highest BCUT2D eigenvalue weighted by Gasteiger charge is 2.23. The standard InChI is InChI=1S/C16H16N4O2/c1-3-7-14-11(2)15(20-22-14)16(21)13(10-17)19-18-12-8-5-4-6-9-12/h4-6,8-9,18H,3,7H2,1-2H3/b19-13+. The molecule has 0 atom stereocenters. The number of carbonyl (C=O) groups excluding carboxylic acids is 1. The monoisotopic (exact) mass is 296 g/mol. The molecule has 2 rings (SSSR count). The fourth-order valence-corrected chi connectivity index (χ4v) is 1.91. The van der Waals surface area contributed by atoms with E-state index in [0.29, 0.717) is 23.4 Å². The normalized spacial score (nSPS) is 11.0. The van der Waals surface area contributed by atoms with Gasteiger partial charge in [0.2, 0.25) is 11.5 Å². The Bertz CT molecular complexity index is 726. The summed E-state index contributed by atoms with van der Waals surface area (Å²) in [5.74, 6) is 0.119. The first kappa shape index (κ1) is 15.4. The van der Waals surface area contributed by atoms with Crippen molar-refractivity contribution >= 4 is 17.2 Å². The average Bonchev–Trinajstić information content (AvgIpc) is 2.90. The molecule has 0 aliphatic heterocycles. The number of hydrazone groups is 1. The van der Waals surface area contributed by atoms with E-state index in [1.54, 1.807) is 25.1 Å². The van der Waals surface area contributed by atoms with Gasteiger partial charge in [0.25, 0.3) is 0 Å². The van der Waals surface area contributed by atoms with Gasteiger partial charge in [0.05, 0.1) is 5.69 Å². The Morgan fingerprint density at radius 2 is 2.14 bits per heavy atom. The van der Waals surface area contributed by atoms with E-state index in [-0.39, 0.29) is 11.4 Å². The SMILES string of the molecule is CCCc1onc(C(=O)/C(C#N)=N/Nc2ccccc2)c1C. The van der Waals surface area contributed by atoms with Gasteiger partial charge in [0.15, 0.2) is 5.69 Å². The minimum absolute atomic E-state index is 0.138. The number of hydrogen-bond acceptors (Lipinski definition) is 6. The van der Waals surface area contributed by atoms with Gasteiger partial charge in [-0.05, 0) is 25.5 Å². The van der Waals surface area contributed by atoms with Crippen LogP contribution in [0.3, 0.4) is 0 Å². The lowest BCUT2D eigenvalue weighted by Gasteiger charge is -2.00. The fraction of sp³-hybridized carbons (Fsp3) is 0.250. The minimum Gasteiger partial charge on any atom is -0.360 e. The Morgan fingerprint density at radius 3 is 2.77 bits per heavy atom. The number of carbonyl (C=O) groups is 1. The summed E-state index contributed by atoms with van der Waals surface area (Å²) in [6, 6.07) is 10.9. The van der Waals surface area contributed by atoms with Crippen LogP contribution in [0.2, 0.25) is 0 Å². The van der Waals surface area contributed by atoms with Gasteiger partial charge in [-0.1, -0.05) is 30.3 Å². The Hall–Kier alpha value is -2.94. The van der Waals surface area contributed by atoms with E-state index < -0.39 is 5.78 Å². The molecule has 1 aromatic heterocycles. The van der Waals surface area contributed by atoms with E-state index >= 15 is 0 Å². The molecule has 0 aliphatic carbocycles. The predicted octanol–water partition coefficient (Wildman–Crippen LogP) is 3.11. The van der Waals surface area contributed by atoms with Gasteiger partial charge in [0.1, 0.15) is 11.8 Å². The van der Waals surface area contributed by atoms with E-state index in [2.05, 4.69) is 15.7 Å².